The van der Waals surface area contributed by atoms with Gasteiger partial charge in [0.15, 0.2) is 0 Å². The Hall–Kier alpha value is -1.54. The van der Waals surface area contributed by atoms with Crippen LogP contribution in [0.25, 0.3) is 0 Å². The van der Waals surface area contributed by atoms with Gasteiger partial charge < -0.3 is 27.4 Å². The number of carbonyl (C=O) groups is 3. The van der Waals surface area contributed by atoms with Gasteiger partial charge in [0, 0.05) is 6.42 Å². The third-order valence-corrected chi connectivity index (χ3v) is 0.986. The number of primary amides is 2. The minimum absolute atomic E-state index is 0. The first kappa shape index (κ1) is 19.1. The molecule has 0 bridgehead atoms. The molecular weight excluding hydrogens is 230 g/mol. The number of urea groups is 1. The van der Waals surface area contributed by atoms with Crippen LogP contribution in [0.2, 0.25) is 0 Å². The number of hydrogen-bond acceptors (Lipinski definition) is 4. The molecule has 0 fully saturated rings. The molecule has 0 aromatic carbocycles. The van der Waals surface area contributed by atoms with Gasteiger partial charge in [0.05, 0.1) is 0 Å². The fraction of sp³-hybridized carbons (Fsp3) is 0.500. The quantitative estimate of drug-likeness (QED) is 0.411. The lowest BCUT2D eigenvalue weighted by Gasteiger charge is -2.01. The molecule has 0 saturated carbocycles. The van der Waals surface area contributed by atoms with Crippen LogP contribution in [-0.4, -0.2) is 34.2 Å². The highest BCUT2D eigenvalue weighted by Gasteiger charge is 2.12. The van der Waals surface area contributed by atoms with Crippen molar-refractivity contribution in [1.29, 1.82) is 0 Å². The van der Waals surface area contributed by atoms with E-state index >= 15 is 0 Å². The molecule has 0 saturated heterocycles. The number of halogens is 1. The summed E-state index contributed by atoms with van der Waals surface area (Å²) in [5, 5.41) is 16.3. The third kappa shape index (κ3) is 24.5. The number of aliphatic carboxylic acids is 2. The molecule has 8 N–H and O–H groups in total. The van der Waals surface area contributed by atoms with Gasteiger partial charge in [0.25, 0.3) is 0 Å². The van der Waals surface area contributed by atoms with Gasteiger partial charge in [-0.15, -0.1) is 12.4 Å². The number of amides is 2. The van der Waals surface area contributed by atoms with Gasteiger partial charge in [-0.2, -0.15) is 0 Å². The summed E-state index contributed by atoms with van der Waals surface area (Å²) in [7, 11) is 0. The zero-order valence-corrected chi connectivity index (χ0v) is 8.57. The molecule has 8 nitrogen and oxygen atoms in total. The van der Waals surface area contributed by atoms with Crippen LogP contribution in [-0.2, 0) is 9.59 Å². The first-order valence-electron chi connectivity index (χ1n) is 3.52. The normalized spacial score (nSPS) is 9.93. The van der Waals surface area contributed by atoms with Gasteiger partial charge >= 0.3 is 18.0 Å². The minimum atomic E-state index is -1.17. The van der Waals surface area contributed by atoms with Crippen molar-refractivity contribution < 1.29 is 24.6 Å². The average molecular weight is 244 g/mol. The molecular formula is C6H14ClN3O5. The van der Waals surface area contributed by atoms with Gasteiger partial charge in [-0.3, -0.25) is 9.59 Å². The Bertz CT molecular complexity index is 219. The molecule has 15 heavy (non-hydrogen) atoms. The maximum Gasteiger partial charge on any atom is 0.320 e. The van der Waals surface area contributed by atoms with Gasteiger partial charge in [0.2, 0.25) is 0 Å². The van der Waals surface area contributed by atoms with E-state index in [9.17, 15) is 9.59 Å². The molecule has 1 unspecified atom stereocenters. The lowest BCUT2D eigenvalue weighted by molar-refractivity contribution is -0.139. The summed E-state index contributed by atoms with van der Waals surface area (Å²) in [6, 6.07) is -1.89. The molecule has 0 radical (unpaired) electrons. The predicted molar refractivity (Wildman–Crippen MR) is 53.5 cm³/mol. The van der Waals surface area contributed by atoms with Crippen LogP contribution in [0.15, 0.2) is 0 Å². The Morgan fingerprint density at radius 1 is 1.13 bits per heavy atom. The van der Waals surface area contributed by atoms with E-state index in [-0.39, 0.29) is 25.2 Å². The van der Waals surface area contributed by atoms with Crippen molar-refractivity contribution in [1.82, 2.24) is 0 Å². The fourth-order valence-electron chi connectivity index (χ4n) is 0.402. The molecule has 0 spiro atoms. The molecule has 0 aliphatic rings. The Labute approximate surface area is 91.8 Å². The molecule has 2 amide bonds. The summed E-state index contributed by atoms with van der Waals surface area (Å²) < 4.78 is 0. The molecule has 0 rings (SSSR count). The molecule has 0 aromatic heterocycles. The summed E-state index contributed by atoms with van der Waals surface area (Å²) in [5.41, 5.74) is 13.5. The smallest absolute Gasteiger partial charge is 0.320 e. The monoisotopic (exact) mass is 243 g/mol. The van der Waals surface area contributed by atoms with E-state index in [0.717, 1.165) is 0 Å². The van der Waals surface area contributed by atoms with Crippen molar-refractivity contribution in [2.45, 2.75) is 18.9 Å². The first-order valence-corrected chi connectivity index (χ1v) is 3.52. The SMILES string of the molecule is Cl.NC(CCC(=O)O)C(=O)O.NC(N)=O. The minimum Gasteiger partial charge on any atom is -0.481 e. The van der Waals surface area contributed by atoms with Crippen molar-refractivity contribution in [3.05, 3.63) is 0 Å². The third-order valence-electron chi connectivity index (χ3n) is 0.986. The van der Waals surface area contributed by atoms with E-state index in [0.29, 0.717) is 0 Å². The topological polar surface area (TPSA) is 170 Å². The lowest BCUT2D eigenvalue weighted by atomic mass is 10.2. The van der Waals surface area contributed by atoms with Gasteiger partial charge in [-0.05, 0) is 6.42 Å². The average Bonchev–Trinajstić information content (AvgIpc) is 1.98. The Balaban J connectivity index is -0.000000249. The second kappa shape index (κ2) is 10.5. The van der Waals surface area contributed by atoms with Crippen LogP contribution in [0.1, 0.15) is 12.8 Å². The van der Waals surface area contributed by atoms with Crippen LogP contribution in [0.4, 0.5) is 4.79 Å². The van der Waals surface area contributed by atoms with Gasteiger partial charge in [-0.25, -0.2) is 4.79 Å². The van der Waals surface area contributed by atoms with Crippen LogP contribution >= 0.6 is 12.4 Å². The molecule has 1 atom stereocenters. The number of carboxylic acids is 2. The number of rotatable bonds is 4. The van der Waals surface area contributed by atoms with E-state index in [1.165, 1.54) is 0 Å². The standard InChI is InChI=1S/C5H9NO4.CH4N2O.ClH/c6-3(5(9)10)1-2-4(7)8;2-1(3)4;/h3H,1-2,6H2,(H,7,8)(H,9,10);(H4,2,3,4);1H. The summed E-state index contributed by atoms with van der Waals surface area (Å²) >= 11 is 0. The van der Waals surface area contributed by atoms with E-state index in [2.05, 4.69) is 11.5 Å². The molecule has 0 aliphatic carbocycles. The van der Waals surface area contributed by atoms with Gasteiger partial charge in [0.1, 0.15) is 6.04 Å². The maximum atomic E-state index is 9.99. The largest absolute Gasteiger partial charge is 0.481 e. The van der Waals surface area contributed by atoms with Crippen LogP contribution in [0.3, 0.4) is 0 Å². The number of carboxylic acid groups (broad SMARTS) is 2. The fourth-order valence-corrected chi connectivity index (χ4v) is 0.402. The molecule has 9 heteroatoms. The maximum absolute atomic E-state index is 9.99. The predicted octanol–water partition coefficient (Wildman–Crippen LogP) is -1.29. The number of carbonyl (C=O) groups excluding carboxylic acids is 1. The van der Waals surface area contributed by atoms with E-state index < -0.39 is 24.0 Å². The van der Waals surface area contributed by atoms with E-state index in [1.54, 1.807) is 0 Å². The lowest BCUT2D eigenvalue weighted by Crippen LogP contribution is -2.30. The van der Waals surface area contributed by atoms with E-state index in [1.807, 2.05) is 0 Å². The molecule has 0 aliphatic heterocycles. The first-order chi connectivity index (χ1) is 6.27. The Morgan fingerprint density at radius 2 is 1.47 bits per heavy atom. The van der Waals surface area contributed by atoms with E-state index in [4.69, 9.17) is 20.7 Å². The second-order valence-corrected chi connectivity index (χ2v) is 2.28. The zero-order valence-electron chi connectivity index (χ0n) is 7.75. The van der Waals surface area contributed by atoms with Gasteiger partial charge in [-0.1, -0.05) is 0 Å². The van der Waals surface area contributed by atoms with Crippen molar-refractivity contribution in [2.24, 2.45) is 17.2 Å². The molecule has 0 heterocycles. The van der Waals surface area contributed by atoms with Crippen LogP contribution in [0, 0.1) is 0 Å². The highest BCUT2D eigenvalue weighted by Crippen LogP contribution is 1.93. The van der Waals surface area contributed by atoms with Crippen molar-refractivity contribution >= 4 is 30.4 Å². The van der Waals surface area contributed by atoms with Crippen molar-refractivity contribution in [2.75, 3.05) is 0 Å². The van der Waals surface area contributed by atoms with Crippen molar-refractivity contribution in [3.63, 3.8) is 0 Å². The zero-order chi connectivity index (χ0) is 11.7. The summed E-state index contributed by atoms with van der Waals surface area (Å²) in [5.74, 6) is -2.20. The Kier molecular flexibility index (Phi) is 13.4. The summed E-state index contributed by atoms with van der Waals surface area (Å²) in [4.78, 5) is 28.9. The summed E-state index contributed by atoms with van der Waals surface area (Å²) in [6.45, 7) is 0. The number of hydrogen-bond donors (Lipinski definition) is 5. The summed E-state index contributed by atoms with van der Waals surface area (Å²) in [6.07, 6.45) is -0.224. The van der Waals surface area contributed by atoms with Crippen LogP contribution in [0.5, 0.6) is 0 Å². The molecule has 90 valence electrons. The van der Waals surface area contributed by atoms with Crippen LogP contribution < -0.4 is 17.2 Å². The highest BCUT2D eigenvalue weighted by molar-refractivity contribution is 5.85. The second-order valence-electron chi connectivity index (χ2n) is 2.28. The van der Waals surface area contributed by atoms with Crippen molar-refractivity contribution in [3.8, 4) is 0 Å². The Morgan fingerprint density at radius 3 is 1.67 bits per heavy atom. The highest BCUT2D eigenvalue weighted by atomic mass is 35.5. The number of nitrogens with two attached hydrogens (primary N) is 3. The molecule has 0 aromatic rings.